The van der Waals surface area contributed by atoms with Crippen molar-refractivity contribution in [3.8, 4) is 28.4 Å². The zero-order chi connectivity index (χ0) is 21.8. The molecule has 0 unspecified atom stereocenters. The minimum Gasteiger partial charge on any atom is -0.484 e. The molecule has 1 fully saturated rings. The van der Waals surface area contributed by atoms with Crippen LogP contribution in [0.2, 0.25) is 0 Å². The third kappa shape index (κ3) is 4.23. The normalized spacial score (nSPS) is 16.1. The Kier molecular flexibility index (Phi) is 5.63. The summed E-state index contributed by atoms with van der Waals surface area (Å²) >= 11 is 0. The Labute approximate surface area is 184 Å². The quantitative estimate of drug-likeness (QED) is 0.484. The molecule has 1 aliphatic rings. The van der Waals surface area contributed by atoms with Crippen LogP contribution in [0, 0.1) is 0 Å². The van der Waals surface area contributed by atoms with Crippen LogP contribution >= 0.6 is 0 Å². The lowest BCUT2D eigenvalue weighted by molar-refractivity contribution is -0.137. The Hall–Kier alpha value is -3.98. The summed E-state index contributed by atoms with van der Waals surface area (Å²) in [5.41, 5.74) is 2.78. The second kappa shape index (κ2) is 9.03. The van der Waals surface area contributed by atoms with E-state index in [4.69, 9.17) is 9.26 Å². The van der Waals surface area contributed by atoms with Gasteiger partial charge in [0.1, 0.15) is 11.8 Å². The number of ether oxygens (including phenoxy) is 1. The first-order valence-corrected chi connectivity index (χ1v) is 10.4. The van der Waals surface area contributed by atoms with Crippen molar-refractivity contribution in [1.29, 1.82) is 0 Å². The van der Waals surface area contributed by atoms with Gasteiger partial charge in [-0.2, -0.15) is 4.98 Å². The van der Waals surface area contributed by atoms with Gasteiger partial charge in [-0.3, -0.25) is 4.79 Å². The van der Waals surface area contributed by atoms with Crippen LogP contribution in [0.3, 0.4) is 0 Å². The average Bonchev–Trinajstić information content (AvgIpc) is 3.56. The fraction of sp³-hybridized carbons (Fsp3) is 0.217. The van der Waals surface area contributed by atoms with Gasteiger partial charge in [0.05, 0.1) is 18.2 Å². The maximum Gasteiger partial charge on any atom is 0.261 e. The topological polar surface area (TPSA) is 109 Å². The number of hydrogen-bond acceptors (Lipinski definition) is 7. The monoisotopic (exact) mass is 430 g/mol. The van der Waals surface area contributed by atoms with Crippen LogP contribution in [0.25, 0.3) is 22.6 Å². The largest absolute Gasteiger partial charge is 0.484 e. The number of para-hydroxylation sites is 1. The molecule has 0 radical (unpaired) electrons. The Morgan fingerprint density at radius 1 is 1.12 bits per heavy atom. The minimum atomic E-state index is -0.346. The van der Waals surface area contributed by atoms with Crippen LogP contribution in [0.5, 0.6) is 5.75 Å². The summed E-state index contributed by atoms with van der Waals surface area (Å²) in [7, 11) is 0. The molecule has 2 aromatic carbocycles. The van der Waals surface area contributed by atoms with Crippen molar-refractivity contribution >= 4 is 5.91 Å². The second-order valence-electron chi connectivity index (χ2n) is 7.41. The van der Waals surface area contributed by atoms with Crippen LogP contribution in [-0.4, -0.2) is 57.2 Å². The summed E-state index contributed by atoms with van der Waals surface area (Å²) in [6, 6.07) is 16.7. The Morgan fingerprint density at radius 2 is 1.94 bits per heavy atom. The summed E-state index contributed by atoms with van der Waals surface area (Å²) in [5.74, 6) is 1.42. The van der Waals surface area contributed by atoms with E-state index in [2.05, 4.69) is 25.4 Å². The molecule has 5 rings (SSSR count). The molecule has 0 spiro atoms. The number of aromatic nitrogens is 4. The number of hydrogen-bond donors (Lipinski definition) is 2. The Morgan fingerprint density at radius 3 is 2.72 bits per heavy atom. The number of aromatic amines is 1. The smallest absolute Gasteiger partial charge is 0.261 e. The Bertz CT molecular complexity index is 1160. The molecule has 0 saturated carbocycles. The number of carbonyl (C=O) groups excluding carboxylic acids is 1. The van der Waals surface area contributed by atoms with E-state index in [1.807, 2.05) is 54.6 Å². The molecule has 1 atom stereocenters. The molecular formula is C23H22N6O3. The highest BCUT2D eigenvalue weighted by Gasteiger charge is 2.32. The highest BCUT2D eigenvalue weighted by Crippen LogP contribution is 2.26. The summed E-state index contributed by atoms with van der Waals surface area (Å²) < 4.78 is 11.2. The van der Waals surface area contributed by atoms with Crippen molar-refractivity contribution in [2.75, 3.05) is 26.2 Å². The molecule has 162 valence electrons. The lowest BCUT2D eigenvalue weighted by atomic mass is 10.1. The fourth-order valence-corrected chi connectivity index (χ4v) is 3.67. The zero-order valence-electron chi connectivity index (χ0n) is 17.3. The molecule has 4 aromatic rings. The van der Waals surface area contributed by atoms with Gasteiger partial charge in [0.25, 0.3) is 11.8 Å². The molecule has 1 amide bonds. The predicted octanol–water partition coefficient (Wildman–Crippen LogP) is 2.68. The van der Waals surface area contributed by atoms with Crippen molar-refractivity contribution < 1.29 is 14.1 Å². The minimum absolute atomic E-state index is 0.0451. The third-order valence-electron chi connectivity index (χ3n) is 5.35. The van der Waals surface area contributed by atoms with Gasteiger partial charge in [-0.25, -0.2) is 4.98 Å². The van der Waals surface area contributed by atoms with E-state index < -0.39 is 0 Å². The molecular weight excluding hydrogens is 408 g/mol. The molecule has 2 N–H and O–H groups in total. The Balaban J connectivity index is 1.29. The van der Waals surface area contributed by atoms with Gasteiger partial charge in [0.2, 0.25) is 5.82 Å². The summed E-state index contributed by atoms with van der Waals surface area (Å²) in [4.78, 5) is 26.3. The number of piperazine rings is 1. The highest BCUT2D eigenvalue weighted by atomic mass is 16.5. The fourth-order valence-electron chi connectivity index (χ4n) is 3.67. The van der Waals surface area contributed by atoms with Gasteiger partial charge in [-0.1, -0.05) is 47.6 Å². The standard InChI is InChI=1S/C23H22N6O3/c30-21(14-31-18-4-2-1-3-5-18)29-11-10-24-13-20(29)23-27-22(28-32-23)17-8-6-16(7-9-17)19-12-25-15-26-19/h1-9,12,15,20,24H,10-11,13-14H2,(H,25,26)/t20-/m1/s1. The van der Waals surface area contributed by atoms with Crippen molar-refractivity contribution in [2.24, 2.45) is 0 Å². The van der Waals surface area contributed by atoms with Gasteiger partial charge in [-0.05, 0) is 17.7 Å². The van der Waals surface area contributed by atoms with Crippen molar-refractivity contribution in [3.63, 3.8) is 0 Å². The van der Waals surface area contributed by atoms with Gasteiger partial charge in [-0.15, -0.1) is 0 Å². The summed E-state index contributed by atoms with van der Waals surface area (Å²) in [6.07, 6.45) is 3.41. The SMILES string of the molecule is O=C(COc1ccccc1)N1CCNC[C@@H]1c1nc(-c2ccc(-c3cnc[nH]3)cc2)no1. The van der Waals surface area contributed by atoms with E-state index in [1.54, 1.807) is 17.4 Å². The number of amides is 1. The first kappa shape index (κ1) is 20.0. The molecule has 32 heavy (non-hydrogen) atoms. The molecule has 1 aliphatic heterocycles. The zero-order valence-corrected chi connectivity index (χ0v) is 17.3. The maximum absolute atomic E-state index is 12.9. The second-order valence-corrected chi connectivity index (χ2v) is 7.41. The van der Waals surface area contributed by atoms with Crippen molar-refractivity contribution in [2.45, 2.75) is 6.04 Å². The van der Waals surface area contributed by atoms with Crippen LogP contribution in [0.4, 0.5) is 0 Å². The molecule has 3 heterocycles. The van der Waals surface area contributed by atoms with Gasteiger partial charge in [0.15, 0.2) is 6.61 Å². The van der Waals surface area contributed by atoms with E-state index in [0.29, 0.717) is 37.1 Å². The van der Waals surface area contributed by atoms with Crippen LogP contribution < -0.4 is 10.1 Å². The molecule has 9 heteroatoms. The summed E-state index contributed by atoms with van der Waals surface area (Å²) in [5, 5.41) is 7.43. The molecule has 9 nitrogen and oxygen atoms in total. The average molecular weight is 430 g/mol. The van der Waals surface area contributed by atoms with E-state index in [0.717, 1.165) is 16.8 Å². The van der Waals surface area contributed by atoms with Crippen LogP contribution in [0.1, 0.15) is 11.9 Å². The number of nitrogens with one attached hydrogen (secondary N) is 2. The van der Waals surface area contributed by atoms with E-state index >= 15 is 0 Å². The van der Waals surface area contributed by atoms with E-state index in [1.165, 1.54) is 0 Å². The van der Waals surface area contributed by atoms with Crippen LogP contribution in [-0.2, 0) is 4.79 Å². The van der Waals surface area contributed by atoms with E-state index in [9.17, 15) is 4.79 Å². The van der Waals surface area contributed by atoms with Gasteiger partial charge in [0, 0.05) is 25.2 Å². The first-order chi connectivity index (χ1) is 15.8. The number of benzene rings is 2. The van der Waals surface area contributed by atoms with Crippen LogP contribution in [0.15, 0.2) is 71.6 Å². The molecule has 0 aliphatic carbocycles. The number of imidazole rings is 1. The van der Waals surface area contributed by atoms with E-state index in [-0.39, 0.29) is 18.6 Å². The third-order valence-corrected chi connectivity index (χ3v) is 5.35. The molecule has 1 saturated heterocycles. The molecule has 2 aromatic heterocycles. The number of carbonyl (C=O) groups is 1. The van der Waals surface area contributed by atoms with Gasteiger partial charge >= 0.3 is 0 Å². The summed E-state index contributed by atoms with van der Waals surface area (Å²) in [6.45, 7) is 1.73. The lowest BCUT2D eigenvalue weighted by Crippen LogP contribution is -2.50. The lowest BCUT2D eigenvalue weighted by Gasteiger charge is -2.33. The van der Waals surface area contributed by atoms with Gasteiger partial charge < -0.3 is 24.5 Å². The molecule has 0 bridgehead atoms. The van der Waals surface area contributed by atoms with Crippen molar-refractivity contribution in [3.05, 3.63) is 73.0 Å². The maximum atomic E-state index is 12.9. The van der Waals surface area contributed by atoms with Crippen molar-refractivity contribution in [1.82, 2.24) is 30.3 Å². The predicted molar refractivity (Wildman–Crippen MR) is 117 cm³/mol. The number of H-pyrrole nitrogens is 1. The number of nitrogens with zero attached hydrogens (tertiary/aromatic N) is 4. The highest BCUT2D eigenvalue weighted by molar-refractivity contribution is 5.78. The number of rotatable bonds is 6. The first-order valence-electron chi connectivity index (χ1n) is 10.4.